The Labute approximate surface area is 158 Å². The van der Waals surface area contributed by atoms with E-state index >= 15 is 0 Å². The molecular weight excluding hydrogens is 348 g/mol. The largest absolute Gasteiger partial charge is 0.356 e. The van der Waals surface area contributed by atoms with Crippen LogP contribution in [0.1, 0.15) is 21.6 Å². The zero-order valence-corrected chi connectivity index (χ0v) is 16.5. The molecule has 0 spiro atoms. The number of anilines is 1. The molecule has 140 valence electrons. The van der Waals surface area contributed by atoms with Crippen LogP contribution in [0.3, 0.4) is 0 Å². The summed E-state index contributed by atoms with van der Waals surface area (Å²) >= 11 is 1.62. The summed E-state index contributed by atoms with van der Waals surface area (Å²) in [6.45, 7) is 1.34. The molecule has 0 saturated carbocycles. The molecule has 2 aromatic rings. The zero-order chi connectivity index (χ0) is 18.9. The van der Waals surface area contributed by atoms with Gasteiger partial charge in [0.2, 0.25) is 0 Å². The summed E-state index contributed by atoms with van der Waals surface area (Å²) in [6, 6.07) is 7.64. The zero-order valence-electron chi connectivity index (χ0n) is 15.7. The first kappa shape index (κ1) is 19.7. The molecular formula is C18H26N6OS. The van der Waals surface area contributed by atoms with Gasteiger partial charge in [-0.1, -0.05) is 12.1 Å². The number of benzene rings is 1. The number of aromatic nitrogens is 1. The summed E-state index contributed by atoms with van der Waals surface area (Å²) in [5.74, 6) is 0.657. The second-order valence-electron chi connectivity index (χ2n) is 5.90. The molecule has 2 rings (SSSR count). The molecule has 3 N–H and O–H groups in total. The number of hydrogen-bond donors (Lipinski definition) is 3. The Morgan fingerprint density at radius 2 is 2.12 bits per heavy atom. The van der Waals surface area contributed by atoms with Crippen LogP contribution < -0.4 is 20.9 Å². The molecule has 0 atom stereocenters. The Morgan fingerprint density at radius 1 is 1.31 bits per heavy atom. The highest BCUT2D eigenvalue weighted by Gasteiger charge is 2.06. The second-order valence-corrected chi connectivity index (χ2v) is 6.73. The number of nitrogens with one attached hydrogen (secondary N) is 3. The minimum atomic E-state index is -0.0716. The van der Waals surface area contributed by atoms with Crippen LogP contribution in [-0.4, -0.2) is 51.6 Å². The van der Waals surface area contributed by atoms with E-state index in [1.807, 2.05) is 48.6 Å². The average molecular weight is 375 g/mol. The molecule has 0 fully saturated rings. The molecule has 0 aliphatic carbocycles. The summed E-state index contributed by atoms with van der Waals surface area (Å²) in [5.41, 5.74) is 2.76. The Hall–Kier alpha value is -2.61. The molecule has 0 radical (unpaired) electrons. The van der Waals surface area contributed by atoms with Crippen molar-refractivity contribution < 1.29 is 4.79 Å². The van der Waals surface area contributed by atoms with E-state index in [2.05, 4.69) is 25.9 Å². The summed E-state index contributed by atoms with van der Waals surface area (Å²) in [4.78, 5) is 22.5. The first-order chi connectivity index (χ1) is 12.5. The van der Waals surface area contributed by atoms with Crippen LogP contribution in [0.5, 0.6) is 0 Å². The van der Waals surface area contributed by atoms with E-state index in [0.717, 1.165) is 35.3 Å². The van der Waals surface area contributed by atoms with Crippen molar-refractivity contribution >= 4 is 28.3 Å². The first-order valence-corrected chi connectivity index (χ1v) is 9.28. The third-order valence-corrected chi connectivity index (χ3v) is 4.76. The van der Waals surface area contributed by atoms with Crippen molar-refractivity contribution in [3.8, 4) is 0 Å². The Kier molecular flexibility index (Phi) is 7.40. The van der Waals surface area contributed by atoms with Gasteiger partial charge in [-0.2, -0.15) is 0 Å². The van der Waals surface area contributed by atoms with E-state index in [1.54, 1.807) is 25.4 Å². The molecule has 1 heterocycles. The summed E-state index contributed by atoms with van der Waals surface area (Å²) in [6.07, 6.45) is 0.799. The molecule has 1 aromatic carbocycles. The molecule has 7 nitrogen and oxygen atoms in total. The lowest BCUT2D eigenvalue weighted by Crippen LogP contribution is -2.38. The maximum absolute atomic E-state index is 11.7. The van der Waals surface area contributed by atoms with Crippen LogP contribution in [-0.2, 0) is 13.0 Å². The predicted molar refractivity (Wildman–Crippen MR) is 108 cm³/mol. The maximum atomic E-state index is 11.7. The minimum absolute atomic E-state index is 0.0716. The lowest BCUT2D eigenvalue weighted by atomic mass is 10.1. The van der Waals surface area contributed by atoms with Gasteiger partial charge in [0, 0.05) is 45.7 Å². The average Bonchev–Trinajstić information content (AvgIpc) is 3.13. The van der Waals surface area contributed by atoms with E-state index in [4.69, 9.17) is 0 Å². The van der Waals surface area contributed by atoms with Gasteiger partial charge in [-0.3, -0.25) is 9.79 Å². The van der Waals surface area contributed by atoms with Gasteiger partial charge in [0.1, 0.15) is 0 Å². The van der Waals surface area contributed by atoms with E-state index < -0.39 is 0 Å². The normalized spacial score (nSPS) is 11.2. The number of carbonyl (C=O) groups excluding carboxylic acids is 1. The number of aliphatic imine (C=N–C) groups is 1. The third kappa shape index (κ3) is 5.73. The molecule has 0 unspecified atom stereocenters. The van der Waals surface area contributed by atoms with Crippen molar-refractivity contribution in [1.29, 1.82) is 0 Å². The molecule has 0 saturated heterocycles. The molecule has 8 heteroatoms. The molecule has 26 heavy (non-hydrogen) atoms. The fourth-order valence-corrected chi connectivity index (χ4v) is 3.07. The molecule has 0 aliphatic rings. The van der Waals surface area contributed by atoms with Gasteiger partial charge < -0.3 is 20.9 Å². The Bertz CT molecular complexity index is 756. The van der Waals surface area contributed by atoms with Gasteiger partial charge in [-0.15, -0.1) is 11.3 Å². The predicted octanol–water partition coefficient (Wildman–Crippen LogP) is 1.48. The molecule has 1 amide bonds. The minimum Gasteiger partial charge on any atom is -0.356 e. The van der Waals surface area contributed by atoms with E-state index in [-0.39, 0.29) is 5.91 Å². The lowest BCUT2D eigenvalue weighted by Gasteiger charge is -2.11. The fraction of sp³-hybridized carbons (Fsp3) is 0.389. The van der Waals surface area contributed by atoms with Crippen LogP contribution in [0.2, 0.25) is 0 Å². The van der Waals surface area contributed by atoms with Crippen molar-refractivity contribution in [2.45, 2.75) is 13.0 Å². The molecule has 0 bridgehead atoms. The van der Waals surface area contributed by atoms with Gasteiger partial charge in [0.15, 0.2) is 11.1 Å². The van der Waals surface area contributed by atoms with Crippen LogP contribution in [0, 0.1) is 0 Å². The van der Waals surface area contributed by atoms with Crippen LogP contribution >= 0.6 is 11.3 Å². The second kappa shape index (κ2) is 9.76. The summed E-state index contributed by atoms with van der Waals surface area (Å²) in [7, 11) is 7.34. The summed E-state index contributed by atoms with van der Waals surface area (Å²) in [5, 5.41) is 12.2. The number of rotatable bonds is 7. The molecule has 0 aliphatic heterocycles. The third-order valence-electron chi connectivity index (χ3n) is 3.71. The van der Waals surface area contributed by atoms with Gasteiger partial charge in [0.25, 0.3) is 5.91 Å². The number of thiazole rings is 1. The van der Waals surface area contributed by atoms with E-state index in [9.17, 15) is 4.79 Å². The van der Waals surface area contributed by atoms with Crippen molar-refractivity contribution in [1.82, 2.24) is 20.9 Å². The Balaban J connectivity index is 1.80. The summed E-state index contributed by atoms with van der Waals surface area (Å²) < 4.78 is 0. The topological polar surface area (TPSA) is 81.6 Å². The number of nitrogens with zero attached hydrogens (tertiary/aromatic N) is 3. The standard InChI is InChI=1S/C18H26N6OS/c1-19-16(25)14-7-5-6-13(10-14)8-9-21-17(20-2)22-11-15-12-26-18(23-15)24(3)4/h5-7,10,12H,8-9,11H2,1-4H3,(H,19,25)(H2,20,21,22). The molecule has 1 aromatic heterocycles. The smallest absolute Gasteiger partial charge is 0.251 e. The SMILES string of the molecule is CN=C(NCCc1cccc(C(=O)NC)c1)NCc1csc(N(C)C)n1. The Morgan fingerprint density at radius 3 is 2.77 bits per heavy atom. The van der Waals surface area contributed by atoms with E-state index in [0.29, 0.717) is 12.1 Å². The fourth-order valence-electron chi connectivity index (χ4n) is 2.32. The van der Waals surface area contributed by atoms with Crippen LogP contribution in [0.4, 0.5) is 5.13 Å². The highest BCUT2D eigenvalue weighted by molar-refractivity contribution is 7.13. The van der Waals surface area contributed by atoms with Gasteiger partial charge in [-0.05, 0) is 24.1 Å². The maximum Gasteiger partial charge on any atom is 0.251 e. The number of guanidine groups is 1. The first-order valence-electron chi connectivity index (χ1n) is 8.40. The highest BCUT2D eigenvalue weighted by Crippen LogP contribution is 2.17. The van der Waals surface area contributed by atoms with Crippen molar-refractivity contribution in [2.24, 2.45) is 4.99 Å². The number of hydrogen-bond acceptors (Lipinski definition) is 5. The number of carbonyl (C=O) groups is 1. The lowest BCUT2D eigenvalue weighted by molar-refractivity contribution is 0.0963. The van der Waals surface area contributed by atoms with Crippen molar-refractivity contribution in [2.75, 3.05) is 39.6 Å². The van der Waals surface area contributed by atoms with Gasteiger partial charge >= 0.3 is 0 Å². The van der Waals surface area contributed by atoms with Gasteiger partial charge in [0.05, 0.1) is 12.2 Å². The van der Waals surface area contributed by atoms with Crippen molar-refractivity contribution in [3.63, 3.8) is 0 Å². The highest BCUT2D eigenvalue weighted by atomic mass is 32.1. The number of amides is 1. The monoisotopic (exact) mass is 374 g/mol. The van der Waals surface area contributed by atoms with E-state index in [1.165, 1.54) is 0 Å². The quantitative estimate of drug-likeness (QED) is 0.505. The van der Waals surface area contributed by atoms with Crippen molar-refractivity contribution in [3.05, 3.63) is 46.5 Å². The van der Waals surface area contributed by atoms with Crippen LogP contribution in [0.15, 0.2) is 34.6 Å². The van der Waals surface area contributed by atoms with Gasteiger partial charge in [-0.25, -0.2) is 4.98 Å². The van der Waals surface area contributed by atoms with Crippen LogP contribution in [0.25, 0.3) is 0 Å².